The molecule has 2 nitrogen and oxygen atoms in total. The number of aryl methyl sites for hydroxylation is 1. The summed E-state index contributed by atoms with van der Waals surface area (Å²) in [5, 5.41) is 17.1. The van der Waals surface area contributed by atoms with Gasteiger partial charge in [0.1, 0.15) is 0 Å². The molecule has 1 aliphatic carbocycles. The molecule has 0 unspecified atom stereocenters. The fourth-order valence-corrected chi connectivity index (χ4v) is 12.6. The molecule has 0 N–H and O–H groups in total. The van der Waals surface area contributed by atoms with Gasteiger partial charge in [-0.1, -0.05) is 206 Å². The van der Waals surface area contributed by atoms with Crippen LogP contribution in [-0.2, 0) is 6.42 Å². The van der Waals surface area contributed by atoms with Crippen LogP contribution in [0.4, 0.5) is 34.1 Å². The Balaban J connectivity index is 1.13. The molecule has 0 aromatic heterocycles. The van der Waals surface area contributed by atoms with Crippen molar-refractivity contribution in [1.82, 2.24) is 0 Å². The summed E-state index contributed by atoms with van der Waals surface area (Å²) in [7, 11) is 0. The summed E-state index contributed by atoms with van der Waals surface area (Å²) in [6.45, 7) is 0. The topological polar surface area (TPSA) is 6.48 Å². The van der Waals surface area contributed by atoms with Crippen molar-refractivity contribution >= 4 is 116 Å². The van der Waals surface area contributed by atoms with E-state index in [0.717, 1.165) is 47.0 Å². The first-order valence-electron chi connectivity index (χ1n) is 26.6. The minimum absolute atomic E-state index is 0.996. The van der Waals surface area contributed by atoms with E-state index in [2.05, 4.69) is 289 Å². The van der Waals surface area contributed by atoms with Crippen LogP contribution in [0.15, 0.2) is 273 Å². The molecule has 0 atom stereocenters. The number of anilines is 6. The fourth-order valence-electron chi connectivity index (χ4n) is 12.6. The number of nitrogens with zero attached hydrogens (tertiary/aromatic N) is 2. The second kappa shape index (κ2) is 18.0. The molecule has 356 valence electrons. The van der Waals surface area contributed by atoms with Crippen molar-refractivity contribution < 1.29 is 0 Å². The van der Waals surface area contributed by atoms with Crippen molar-refractivity contribution in [2.45, 2.75) is 12.8 Å². The highest BCUT2D eigenvalue weighted by Crippen LogP contribution is 2.52. The summed E-state index contributed by atoms with van der Waals surface area (Å²) in [6, 6.07) is 99.3. The first-order valence-corrected chi connectivity index (χ1v) is 26.6. The Hall–Kier alpha value is -9.76. The molecule has 0 spiro atoms. The zero-order valence-corrected chi connectivity index (χ0v) is 41.9. The quantitative estimate of drug-likeness (QED) is 0.111. The van der Waals surface area contributed by atoms with E-state index < -0.39 is 0 Å². The van der Waals surface area contributed by atoms with Gasteiger partial charge in [0.15, 0.2) is 0 Å². The zero-order chi connectivity index (χ0) is 50.1. The Labute approximate surface area is 442 Å². The molecular formula is C74H50N2. The maximum atomic E-state index is 2.53. The lowest BCUT2D eigenvalue weighted by molar-refractivity contribution is 0.990. The van der Waals surface area contributed by atoms with Crippen molar-refractivity contribution in [3.05, 3.63) is 284 Å². The van der Waals surface area contributed by atoms with Crippen molar-refractivity contribution in [2.24, 2.45) is 0 Å². The lowest BCUT2D eigenvalue weighted by Crippen LogP contribution is -2.11. The molecule has 76 heavy (non-hydrogen) atoms. The average Bonchev–Trinajstić information content (AvgIpc) is 3.60. The van der Waals surface area contributed by atoms with E-state index in [1.807, 2.05) is 0 Å². The Morgan fingerprint density at radius 2 is 0.697 bits per heavy atom. The van der Waals surface area contributed by atoms with Gasteiger partial charge in [0.2, 0.25) is 0 Å². The van der Waals surface area contributed by atoms with Gasteiger partial charge in [-0.2, -0.15) is 0 Å². The molecule has 0 amide bonds. The maximum absolute atomic E-state index is 2.53. The van der Waals surface area contributed by atoms with Crippen LogP contribution in [0, 0.1) is 0 Å². The van der Waals surface area contributed by atoms with Crippen LogP contribution in [0.3, 0.4) is 0 Å². The summed E-state index contributed by atoms with van der Waals surface area (Å²) in [5.74, 6) is 0. The molecule has 15 rings (SSSR count). The number of para-hydroxylation sites is 2. The molecule has 0 saturated carbocycles. The first-order chi connectivity index (χ1) is 37.7. The van der Waals surface area contributed by atoms with Gasteiger partial charge < -0.3 is 9.80 Å². The molecular weight excluding hydrogens is 917 g/mol. The van der Waals surface area contributed by atoms with Gasteiger partial charge in [-0.3, -0.25) is 0 Å². The Morgan fingerprint density at radius 1 is 0.263 bits per heavy atom. The van der Waals surface area contributed by atoms with Crippen molar-refractivity contribution in [3.63, 3.8) is 0 Å². The highest BCUT2D eigenvalue weighted by molar-refractivity contribution is 6.28. The van der Waals surface area contributed by atoms with Gasteiger partial charge in [-0.25, -0.2) is 0 Å². The minimum atomic E-state index is 0.996. The summed E-state index contributed by atoms with van der Waals surface area (Å²) >= 11 is 0. The summed E-state index contributed by atoms with van der Waals surface area (Å²) < 4.78 is 0. The van der Waals surface area contributed by atoms with E-state index in [4.69, 9.17) is 0 Å². The molecule has 2 heteroatoms. The van der Waals surface area contributed by atoms with Gasteiger partial charge in [-0.05, 0) is 184 Å². The van der Waals surface area contributed by atoms with Gasteiger partial charge in [0.25, 0.3) is 0 Å². The molecule has 0 fully saturated rings. The highest BCUT2D eigenvalue weighted by Gasteiger charge is 2.26. The largest absolute Gasteiger partial charge is 0.310 e. The zero-order valence-electron chi connectivity index (χ0n) is 41.9. The average molecular weight is 967 g/mol. The molecule has 14 aromatic carbocycles. The fraction of sp³-hybridized carbons (Fsp3) is 0.0270. The van der Waals surface area contributed by atoms with E-state index in [1.165, 1.54) is 109 Å². The van der Waals surface area contributed by atoms with Gasteiger partial charge in [0.05, 0.1) is 11.4 Å². The van der Waals surface area contributed by atoms with Crippen molar-refractivity contribution in [1.29, 1.82) is 0 Å². The van der Waals surface area contributed by atoms with Crippen LogP contribution in [0.1, 0.15) is 17.5 Å². The normalized spacial score (nSPS) is 12.3. The maximum Gasteiger partial charge on any atom is 0.0540 e. The molecule has 0 saturated heterocycles. The van der Waals surface area contributed by atoms with Crippen LogP contribution in [0.2, 0.25) is 0 Å². The minimum Gasteiger partial charge on any atom is -0.310 e. The van der Waals surface area contributed by atoms with Crippen LogP contribution < -0.4 is 9.80 Å². The predicted molar refractivity (Wildman–Crippen MR) is 327 cm³/mol. The molecule has 0 bridgehead atoms. The monoisotopic (exact) mass is 966 g/mol. The number of benzene rings is 14. The lowest BCUT2D eigenvalue weighted by Gasteiger charge is -2.29. The molecule has 0 radical (unpaired) electrons. The van der Waals surface area contributed by atoms with E-state index >= 15 is 0 Å². The van der Waals surface area contributed by atoms with Crippen LogP contribution >= 0.6 is 0 Å². The SMILES string of the molecule is C1=Cc2c(cc(-c3c4cc(N(c5ccccc5)c5cccc6ccccc56)ccc4c(-c4cc5ccccc5c5ccccc45)c4cc(N(c5ccccc5)c5cccc6ccccc56)ccc34)c3ccccc23)CC1. The lowest BCUT2D eigenvalue weighted by atomic mass is 9.81. The molecule has 1 aliphatic rings. The van der Waals surface area contributed by atoms with Crippen LogP contribution in [0.25, 0.3) is 104 Å². The van der Waals surface area contributed by atoms with Gasteiger partial charge in [0, 0.05) is 33.5 Å². The standard InChI is InChI=1S/C74H50N2/c1-3-27-53(28-4-1)75(71-39-19-25-49-21-7-13-33-59(49)71)55-41-43-65-69(47-55)73(67-45-51-23-9-11-31-57(51)61-35-15-17-37-63(61)67)66-44-42-56(76(54-29-5-2-6-30-54)72-40-20-26-50-22-8-14-34-60(50)72)48-70(66)74(65)68-46-52-24-10-12-32-58(52)62-36-16-18-38-64(62)68/h1-9,11-23,25-48H,10,24H2. The first kappa shape index (κ1) is 43.8. The van der Waals surface area contributed by atoms with Crippen LogP contribution in [0.5, 0.6) is 0 Å². The van der Waals surface area contributed by atoms with Crippen molar-refractivity contribution in [2.75, 3.05) is 9.80 Å². The smallest absolute Gasteiger partial charge is 0.0540 e. The third-order valence-electron chi connectivity index (χ3n) is 16.0. The van der Waals surface area contributed by atoms with Gasteiger partial charge in [-0.15, -0.1) is 0 Å². The van der Waals surface area contributed by atoms with Crippen LogP contribution in [-0.4, -0.2) is 0 Å². The van der Waals surface area contributed by atoms with Crippen molar-refractivity contribution in [3.8, 4) is 22.3 Å². The second-order valence-corrected chi connectivity index (χ2v) is 20.2. The summed E-state index contributed by atoms with van der Waals surface area (Å²) in [5.41, 5.74) is 14.3. The Bertz CT molecular complexity index is 4640. The summed E-state index contributed by atoms with van der Waals surface area (Å²) in [6.07, 6.45) is 6.72. The van der Waals surface area contributed by atoms with Gasteiger partial charge >= 0.3 is 0 Å². The Kier molecular flexibility index (Phi) is 10.4. The molecule has 0 aliphatic heterocycles. The predicted octanol–water partition coefficient (Wildman–Crippen LogP) is 21.0. The van der Waals surface area contributed by atoms with E-state index in [9.17, 15) is 0 Å². The number of hydrogen-bond acceptors (Lipinski definition) is 2. The van der Waals surface area contributed by atoms with E-state index in [-0.39, 0.29) is 0 Å². The third kappa shape index (κ3) is 7.10. The highest BCUT2D eigenvalue weighted by atomic mass is 15.1. The molecule has 0 heterocycles. The van der Waals surface area contributed by atoms with E-state index in [1.54, 1.807) is 0 Å². The third-order valence-corrected chi connectivity index (χ3v) is 16.0. The number of rotatable bonds is 8. The number of hydrogen-bond donors (Lipinski definition) is 0. The molecule has 14 aromatic rings. The second-order valence-electron chi connectivity index (χ2n) is 20.2. The summed E-state index contributed by atoms with van der Waals surface area (Å²) in [4.78, 5) is 4.92. The van der Waals surface area contributed by atoms with E-state index in [0.29, 0.717) is 0 Å². The number of allylic oxidation sites excluding steroid dienone is 1. The Morgan fingerprint density at radius 3 is 1.26 bits per heavy atom. The number of fused-ring (bicyclic) bond motifs is 10.